The molecule has 0 radical (unpaired) electrons. The van der Waals surface area contributed by atoms with E-state index in [0.717, 1.165) is 0 Å². The first-order chi connectivity index (χ1) is 49.2. The minimum absolute atomic E-state index is 0. The summed E-state index contributed by atoms with van der Waals surface area (Å²) in [5, 5.41) is 7.32. The van der Waals surface area contributed by atoms with Crippen LogP contribution < -0.4 is 31.7 Å². The maximum atomic E-state index is 14.2. The first-order valence-corrected chi connectivity index (χ1v) is 31.9. The van der Waals surface area contributed by atoms with Gasteiger partial charge >= 0.3 is 69.8 Å². The Morgan fingerprint density at radius 1 is 0.269 bits per heavy atom. The van der Waals surface area contributed by atoms with Gasteiger partial charge in [0.25, 0.3) is 0 Å². The first-order valence-electron chi connectivity index (χ1n) is 31.9. The van der Waals surface area contributed by atoms with Gasteiger partial charge in [-0.3, -0.25) is 0 Å². The van der Waals surface area contributed by atoms with Crippen molar-refractivity contribution in [2.24, 2.45) is 0 Å². The summed E-state index contributed by atoms with van der Waals surface area (Å²) < 4.78 is 341. The number of nitrogens with zero attached hydrogens (tertiary/aromatic N) is 3. The Morgan fingerprint density at radius 2 is 0.417 bits per heavy atom. The molecule has 10 aromatic rings. The minimum Gasteiger partial charge on any atom is -0.361 e. The molecular formula is C79H60BF24N3Pd. The van der Waals surface area contributed by atoms with Crippen LogP contribution in [0.2, 0.25) is 0 Å². The van der Waals surface area contributed by atoms with Crippen molar-refractivity contribution in [1.82, 2.24) is 0 Å². The van der Waals surface area contributed by atoms with Gasteiger partial charge in [-0.15, -0.1) is 0 Å². The third kappa shape index (κ3) is 19.1. The van der Waals surface area contributed by atoms with E-state index in [1.165, 1.54) is 62.8 Å². The van der Waals surface area contributed by atoms with E-state index in [1.54, 1.807) is 6.07 Å². The van der Waals surface area contributed by atoms with Gasteiger partial charge in [-0.25, -0.2) is 0 Å². The third-order valence-electron chi connectivity index (χ3n) is 18.3. The first kappa shape index (κ1) is 85.6. The number of anilines is 2. The Balaban J connectivity index is 0.000000258. The van der Waals surface area contributed by atoms with Crippen molar-refractivity contribution in [2.45, 2.75) is 108 Å². The van der Waals surface area contributed by atoms with E-state index < -0.39 is 195 Å². The SMILES string of the molecule is CC#N.CC1C(C)N1c1c(-c2ccccc2)cccc1-c1ccccc1.CC1C(C)N1c1c(-c2ccccc2)cccc1-c1ccccc1.FC(F)(F)c1cc([B-](c2cc(C(F)(F)F)cc(C(F)(F)F)c2)(c2cc(C(F)(F)F)cc(C(F)(F)F)c2)c2cc(C(F)(F)F)cc(C(F)(F)F)c2)cc(C(F)(F)F)c1.[CH3-].[Pd+2]. The number of hydrogen-bond acceptors (Lipinski definition) is 3. The van der Waals surface area contributed by atoms with E-state index in [1.807, 2.05) is 0 Å². The van der Waals surface area contributed by atoms with Crippen LogP contribution in [0.5, 0.6) is 0 Å². The number of alkyl halides is 24. The van der Waals surface area contributed by atoms with Crippen molar-refractivity contribution in [3.05, 3.63) is 282 Å². The molecule has 29 heteroatoms. The summed E-state index contributed by atoms with van der Waals surface area (Å²) in [6, 6.07) is 51.5. The maximum absolute atomic E-state index is 14.2. The predicted molar refractivity (Wildman–Crippen MR) is 365 cm³/mol. The van der Waals surface area contributed by atoms with Crippen LogP contribution >= 0.6 is 0 Å². The fourth-order valence-electron chi connectivity index (χ4n) is 12.9. The number of halogens is 24. The summed E-state index contributed by atoms with van der Waals surface area (Å²) in [7, 11) is 0. The average Bonchev–Trinajstić information content (AvgIpc) is 0.946. The number of para-hydroxylation sites is 2. The van der Waals surface area contributed by atoms with E-state index in [-0.39, 0.29) is 27.8 Å². The molecule has 4 unspecified atom stereocenters. The van der Waals surface area contributed by atoms with Crippen molar-refractivity contribution in [3.8, 4) is 50.6 Å². The normalized spacial score (nSPS) is 16.0. The van der Waals surface area contributed by atoms with Gasteiger partial charge in [-0.1, -0.05) is 206 Å². The molecule has 0 spiro atoms. The molecule has 10 aromatic carbocycles. The summed E-state index contributed by atoms with van der Waals surface area (Å²) in [4.78, 5) is 5.06. The molecule has 2 saturated heterocycles. The second-order valence-electron chi connectivity index (χ2n) is 25.1. The van der Waals surface area contributed by atoms with Gasteiger partial charge in [-0.05, 0) is 74.2 Å². The van der Waals surface area contributed by atoms with Crippen molar-refractivity contribution < 1.29 is 126 Å². The van der Waals surface area contributed by atoms with Crippen LogP contribution in [-0.2, 0) is 69.8 Å². The summed E-state index contributed by atoms with van der Waals surface area (Å²) >= 11 is 0. The molecule has 2 aliphatic heterocycles. The molecule has 0 bridgehead atoms. The fraction of sp³-hybridized carbons (Fsp3) is 0.215. The Labute approximate surface area is 618 Å². The molecule has 2 fully saturated rings. The molecule has 0 aromatic heterocycles. The average molecular weight is 1620 g/mol. The van der Waals surface area contributed by atoms with Crippen LogP contribution in [0.4, 0.5) is 117 Å². The van der Waals surface area contributed by atoms with E-state index >= 15 is 0 Å². The van der Waals surface area contributed by atoms with Gasteiger partial charge in [0.05, 0.1) is 62.0 Å². The maximum Gasteiger partial charge on any atom is 2.00 e. The second-order valence-corrected chi connectivity index (χ2v) is 25.1. The number of rotatable bonds is 10. The molecule has 0 aliphatic carbocycles. The zero-order valence-electron chi connectivity index (χ0n) is 57.1. The van der Waals surface area contributed by atoms with E-state index in [4.69, 9.17) is 5.26 Å². The fourth-order valence-corrected chi connectivity index (χ4v) is 12.9. The summed E-state index contributed by atoms with van der Waals surface area (Å²) in [6.07, 6.45) is -54.8. The smallest absolute Gasteiger partial charge is 0.361 e. The molecule has 0 N–H and O–H groups in total. The minimum atomic E-state index is -6.13. The molecule has 2 heterocycles. The number of benzene rings is 10. The van der Waals surface area contributed by atoms with Gasteiger partial charge < -0.3 is 17.2 Å². The van der Waals surface area contributed by atoms with Crippen LogP contribution in [0, 0.1) is 18.8 Å². The van der Waals surface area contributed by atoms with Crippen LogP contribution in [0.3, 0.4) is 0 Å². The van der Waals surface area contributed by atoms with Crippen molar-refractivity contribution >= 4 is 39.4 Å². The van der Waals surface area contributed by atoms with Gasteiger partial charge in [0.1, 0.15) is 6.15 Å². The van der Waals surface area contributed by atoms with Crippen LogP contribution in [0.1, 0.15) is 79.1 Å². The standard InChI is InChI=1S/C32H12BF24.2C22H21N.C2H3N.CH3.Pd/c34-25(35,36)13-1-14(26(37,38)39)6-21(5-13)33(22-7-15(27(40,41)42)2-16(8-22)28(43,44)45,23-9-17(29(46,47)48)3-18(10-23)30(49,50)51)24-11-19(31(52,53)54)4-20(12-24)32(55,56)57;2*1-16-17(2)23(16)22-20(18-10-5-3-6-11-18)14-9-15-21(22)19-12-7-4-8-13-19;1-2-3;;/h1-12H;2*3-17H,1-2H3;1H3;1H3;/q-1;;;;-1;+2. The molecule has 572 valence electrons. The van der Waals surface area contributed by atoms with E-state index in [2.05, 4.69) is 195 Å². The Bertz CT molecular complexity index is 4060. The molecule has 3 nitrogen and oxygen atoms in total. The predicted octanol–water partition coefficient (Wildman–Crippen LogP) is 23.4. The van der Waals surface area contributed by atoms with Crippen molar-refractivity contribution in [1.29, 1.82) is 5.26 Å². The van der Waals surface area contributed by atoms with Gasteiger partial charge in [-0.2, -0.15) is 132 Å². The topological polar surface area (TPSA) is 29.8 Å². The zero-order valence-corrected chi connectivity index (χ0v) is 58.6. The number of hydrogen-bond donors (Lipinski definition) is 0. The molecule has 108 heavy (non-hydrogen) atoms. The van der Waals surface area contributed by atoms with Crippen molar-refractivity contribution in [2.75, 3.05) is 9.80 Å². The Morgan fingerprint density at radius 3 is 0.546 bits per heavy atom. The third-order valence-corrected chi connectivity index (χ3v) is 18.3. The Kier molecular flexibility index (Phi) is 25.6. The molecular weight excluding hydrogens is 1560 g/mol. The van der Waals surface area contributed by atoms with Gasteiger partial charge in [0.2, 0.25) is 0 Å². The molecule has 4 atom stereocenters. The van der Waals surface area contributed by atoms with Gasteiger partial charge in [0.15, 0.2) is 0 Å². The molecule has 12 rings (SSSR count). The zero-order chi connectivity index (χ0) is 78.2. The Hall–Kier alpha value is -9.66. The van der Waals surface area contributed by atoms with E-state index in [9.17, 15) is 105 Å². The summed E-state index contributed by atoms with van der Waals surface area (Å²) in [5.41, 5.74) is -17.0. The van der Waals surface area contributed by atoms with Crippen LogP contribution in [-0.4, -0.2) is 30.3 Å². The molecule has 2 aliphatic rings. The largest absolute Gasteiger partial charge is 2.00 e. The molecule has 0 saturated carbocycles. The monoisotopic (exact) mass is 1620 g/mol. The van der Waals surface area contributed by atoms with Gasteiger partial charge in [0, 0.05) is 53.3 Å². The summed E-state index contributed by atoms with van der Waals surface area (Å²) in [5.74, 6) is 0. The van der Waals surface area contributed by atoms with E-state index in [0.29, 0.717) is 24.2 Å². The van der Waals surface area contributed by atoms with Crippen molar-refractivity contribution in [3.63, 3.8) is 0 Å². The quantitative estimate of drug-likeness (QED) is 0.0592. The van der Waals surface area contributed by atoms with Crippen LogP contribution in [0.25, 0.3) is 44.5 Å². The van der Waals surface area contributed by atoms with Crippen LogP contribution in [0.15, 0.2) is 231 Å². The summed E-state index contributed by atoms with van der Waals surface area (Å²) in [6.45, 7) is 10.7. The second kappa shape index (κ2) is 32.3. The number of nitriles is 1. The molecule has 0 amide bonds.